The molecule has 0 radical (unpaired) electrons. The standard InChI is InChI=1S/C8H18FN/c1-4-8(9)7-10(5-2)6-3/h8H,4-7H2,1-3H3. The molecule has 0 fully saturated rings. The normalized spacial score (nSPS) is 14.1. The first kappa shape index (κ1) is 9.89. The Hall–Kier alpha value is -0.110. The Bertz CT molecular complexity index is 71.7. The Labute approximate surface area is 63.2 Å². The van der Waals surface area contributed by atoms with Crippen LogP contribution in [0.5, 0.6) is 0 Å². The number of halogens is 1. The van der Waals surface area contributed by atoms with E-state index in [-0.39, 0.29) is 0 Å². The SMILES string of the molecule is CCC(F)CN(CC)CC. The summed E-state index contributed by atoms with van der Waals surface area (Å²) in [5, 5.41) is 0. The average molecular weight is 147 g/mol. The maximum atomic E-state index is 12.7. The summed E-state index contributed by atoms with van der Waals surface area (Å²) < 4.78 is 12.7. The summed E-state index contributed by atoms with van der Waals surface area (Å²) in [5.41, 5.74) is 0. The lowest BCUT2D eigenvalue weighted by atomic mass is 10.3. The van der Waals surface area contributed by atoms with Gasteiger partial charge in [-0.05, 0) is 19.5 Å². The van der Waals surface area contributed by atoms with Crippen molar-refractivity contribution < 1.29 is 4.39 Å². The number of rotatable bonds is 5. The highest BCUT2D eigenvalue weighted by Crippen LogP contribution is 1.99. The van der Waals surface area contributed by atoms with Crippen LogP contribution >= 0.6 is 0 Å². The topological polar surface area (TPSA) is 3.24 Å². The molecule has 62 valence electrons. The Morgan fingerprint density at radius 3 is 2.00 bits per heavy atom. The quantitative estimate of drug-likeness (QED) is 0.575. The summed E-state index contributed by atoms with van der Waals surface area (Å²) in [6.45, 7) is 8.52. The van der Waals surface area contributed by atoms with Crippen molar-refractivity contribution in [3.05, 3.63) is 0 Å². The van der Waals surface area contributed by atoms with E-state index in [1.54, 1.807) is 0 Å². The minimum Gasteiger partial charge on any atom is -0.301 e. The summed E-state index contributed by atoms with van der Waals surface area (Å²) >= 11 is 0. The fourth-order valence-corrected chi connectivity index (χ4v) is 0.891. The van der Waals surface area contributed by atoms with Gasteiger partial charge >= 0.3 is 0 Å². The number of nitrogens with zero attached hydrogens (tertiary/aromatic N) is 1. The molecule has 0 aromatic rings. The lowest BCUT2D eigenvalue weighted by Gasteiger charge is -2.19. The second kappa shape index (κ2) is 5.66. The molecular weight excluding hydrogens is 129 g/mol. The second-order valence-corrected chi connectivity index (χ2v) is 2.49. The first-order valence-corrected chi connectivity index (χ1v) is 4.10. The van der Waals surface area contributed by atoms with Gasteiger partial charge in [0.05, 0.1) is 0 Å². The summed E-state index contributed by atoms with van der Waals surface area (Å²) in [5.74, 6) is 0. The van der Waals surface area contributed by atoms with E-state index in [4.69, 9.17) is 0 Å². The van der Waals surface area contributed by atoms with E-state index in [1.807, 2.05) is 6.92 Å². The molecule has 0 aromatic heterocycles. The van der Waals surface area contributed by atoms with Crippen molar-refractivity contribution in [3.63, 3.8) is 0 Å². The molecule has 10 heavy (non-hydrogen) atoms. The van der Waals surface area contributed by atoms with Gasteiger partial charge in [-0.1, -0.05) is 20.8 Å². The van der Waals surface area contributed by atoms with Crippen molar-refractivity contribution >= 4 is 0 Å². The van der Waals surface area contributed by atoms with Crippen LogP contribution in [0, 0.1) is 0 Å². The van der Waals surface area contributed by atoms with Crippen LogP contribution < -0.4 is 0 Å². The van der Waals surface area contributed by atoms with E-state index in [1.165, 1.54) is 0 Å². The van der Waals surface area contributed by atoms with E-state index >= 15 is 0 Å². The first-order chi connectivity index (χ1) is 4.74. The van der Waals surface area contributed by atoms with Gasteiger partial charge < -0.3 is 4.90 Å². The largest absolute Gasteiger partial charge is 0.301 e. The molecule has 0 rings (SSSR count). The van der Waals surface area contributed by atoms with Gasteiger partial charge in [-0.2, -0.15) is 0 Å². The molecule has 0 spiro atoms. The molecule has 0 bridgehead atoms. The summed E-state index contributed by atoms with van der Waals surface area (Å²) in [7, 11) is 0. The Kier molecular flexibility index (Phi) is 5.60. The molecule has 0 aliphatic heterocycles. The molecule has 0 saturated heterocycles. The molecule has 0 aliphatic rings. The number of alkyl halides is 1. The fourth-order valence-electron chi connectivity index (χ4n) is 0.891. The van der Waals surface area contributed by atoms with Crippen LogP contribution in [0.1, 0.15) is 27.2 Å². The van der Waals surface area contributed by atoms with E-state index in [0.29, 0.717) is 13.0 Å². The minimum atomic E-state index is -0.639. The summed E-state index contributed by atoms with van der Waals surface area (Å²) in [6.07, 6.45) is -0.00356. The van der Waals surface area contributed by atoms with Crippen molar-refractivity contribution in [3.8, 4) is 0 Å². The highest BCUT2D eigenvalue weighted by Gasteiger charge is 2.06. The third-order valence-corrected chi connectivity index (χ3v) is 1.79. The van der Waals surface area contributed by atoms with E-state index < -0.39 is 6.17 Å². The zero-order valence-corrected chi connectivity index (χ0v) is 7.23. The summed E-state index contributed by atoms with van der Waals surface area (Å²) in [6, 6.07) is 0. The average Bonchev–Trinajstić information content (AvgIpc) is 1.99. The van der Waals surface area contributed by atoms with E-state index in [0.717, 1.165) is 13.1 Å². The first-order valence-electron chi connectivity index (χ1n) is 4.10. The van der Waals surface area contributed by atoms with E-state index in [2.05, 4.69) is 18.7 Å². The molecule has 0 amide bonds. The molecule has 0 heterocycles. The zero-order chi connectivity index (χ0) is 7.98. The Morgan fingerprint density at radius 1 is 1.20 bits per heavy atom. The summed E-state index contributed by atoms with van der Waals surface area (Å²) in [4.78, 5) is 2.11. The molecule has 0 N–H and O–H groups in total. The van der Waals surface area contributed by atoms with Gasteiger partial charge in [-0.15, -0.1) is 0 Å². The van der Waals surface area contributed by atoms with Crippen molar-refractivity contribution in [2.24, 2.45) is 0 Å². The molecular formula is C8H18FN. The highest BCUT2D eigenvalue weighted by molar-refractivity contribution is 4.59. The minimum absolute atomic E-state index is 0.601. The van der Waals surface area contributed by atoms with Gasteiger partial charge in [-0.25, -0.2) is 4.39 Å². The van der Waals surface area contributed by atoms with Crippen molar-refractivity contribution in [2.45, 2.75) is 33.4 Å². The highest BCUT2D eigenvalue weighted by atomic mass is 19.1. The predicted octanol–water partition coefficient (Wildman–Crippen LogP) is 2.08. The van der Waals surface area contributed by atoms with Crippen LogP contribution in [0.4, 0.5) is 4.39 Å². The Balaban J connectivity index is 3.41. The van der Waals surface area contributed by atoms with Crippen LogP contribution in [0.15, 0.2) is 0 Å². The lowest BCUT2D eigenvalue weighted by Crippen LogP contribution is -2.29. The number of hydrogen-bond donors (Lipinski definition) is 0. The van der Waals surface area contributed by atoms with Crippen LogP contribution in [-0.2, 0) is 0 Å². The van der Waals surface area contributed by atoms with Crippen LogP contribution in [-0.4, -0.2) is 30.7 Å². The van der Waals surface area contributed by atoms with Gasteiger partial charge in [0.25, 0.3) is 0 Å². The van der Waals surface area contributed by atoms with Crippen molar-refractivity contribution in [1.82, 2.24) is 4.90 Å². The predicted molar refractivity (Wildman–Crippen MR) is 43.0 cm³/mol. The molecule has 0 aromatic carbocycles. The zero-order valence-electron chi connectivity index (χ0n) is 7.23. The van der Waals surface area contributed by atoms with E-state index in [9.17, 15) is 4.39 Å². The van der Waals surface area contributed by atoms with Crippen LogP contribution in [0.3, 0.4) is 0 Å². The van der Waals surface area contributed by atoms with Gasteiger partial charge in [0.15, 0.2) is 0 Å². The van der Waals surface area contributed by atoms with Crippen LogP contribution in [0.25, 0.3) is 0 Å². The molecule has 1 atom stereocenters. The molecule has 1 unspecified atom stereocenters. The second-order valence-electron chi connectivity index (χ2n) is 2.49. The molecule has 1 nitrogen and oxygen atoms in total. The van der Waals surface area contributed by atoms with Crippen LogP contribution in [0.2, 0.25) is 0 Å². The van der Waals surface area contributed by atoms with Gasteiger partial charge in [0.1, 0.15) is 6.17 Å². The number of hydrogen-bond acceptors (Lipinski definition) is 1. The lowest BCUT2D eigenvalue weighted by molar-refractivity contribution is 0.201. The molecule has 2 heteroatoms. The Morgan fingerprint density at radius 2 is 1.70 bits per heavy atom. The van der Waals surface area contributed by atoms with Gasteiger partial charge in [0, 0.05) is 6.54 Å². The third-order valence-electron chi connectivity index (χ3n) is 1.79. The monoisotopic (exact) mass is 147 g/mol. The maximum Gasteiger partial charge on any atom is 0.112 e. The van der Waals surface area contributed by atoms with Crippen molar-refractivity contribution in [1.29, 1.82) is 0 Å². The fraction of sp³-hybridized carbons (Fsp3) is 1.00. The van der Waals surface area contributed by atoms with Gasteiger partial charge in [0.2, 0.25) is 0 Å². The maximum absolute atomic E-state index is 12.7. The third kappa shape index (κ3) is 3.83. The molecule has 0 saturated carbocycles. The van der Waals surface area contributed by atoms with Crippen molar-refractivity contribution in [2.75, 3.05) is 19.6 Å². The smallest absolute Gasteiger partial charge is 0.112 e. The van der Waals surface area contributed by atoms with Gasteiger partial charge in [-0.3, -0.25) is 0 Å². The molecule has 0 aliphatic carbocycles.